The van der Waals surface area contributed by atoms with Gasteiger partial charge in [-0.1, -0.05) is 43.3 Å². The molecule has 5 heteroatoms. The van der Waals surface area contributed by atoms with Crippen molar-refractivity contribution in [2.45, 2.75) is 19.8 Å². The summed E-state index contributed by atoms with van der Waals surface area (Å²) in [6.07, 6.45) is 14.4. The molecule has 1 aromatic carbocycles. The molecule has 0 saturated heterocycles. The molecule has 0 atom stereocenters. The second kappa shape index (κ2) is 14.0. The van der Waals surface area contributed by atoms with Crippen molar-refractivity contribution in [2.24, 2.45) is 5.73 Å². The Morgan fingerprint density at radius 3 is 2.08 bits per heavy atom. The first-order valence-electron chi connectivity index (χ1n) is 8.06. The molecule has 0 radical (unpaired) electrons. The molecule has 2 rings (SSSR count). The number of carbonyl (C=O) groups excluding carboxylic acids is 2. The van der Waals surface area contributed by atoms with Gasteiger partial charge >= 0.3 is 0 Å². The van der Waals surface area contributed by atoms with Gasteiger partial charge in [0.05, 0.1) is 0 Å². The Hall–Kier alpha value is -3.39. The highest BCUT2D eigenvalue weighted by Gasteiger charge is 2.12. The lowest BCUT2D eigenvalue weighted by molar-refractivity contribution is -0.121. The number of primary amides is 1. The number of hydrogen-bond donors (Lipinski definition) is 2. The second-order valence-corrected chi connectivity index (χ2v) is 4.96. The summed E-state index contributed by atoms with van der Waals surface area (Å²) in [5.74, 6) is -1.20. The predicted octanol–water partition coefficient (Wildman–Crippen LogP) is 2.28. The van der Waals surface area contributed by atoms with E-state index in [0.29, 0.717) is 6.42 Å². The number of nitrogens with two attached hydrogens (primary N) is 1. The van der Waals surface area contributed by atoms with Crippen molar-refractivity contribution >= 4 is 11.8 Å². The fourth-order valence-corrected chi connectivity index (χ4v) is 1.89. The number of nitrogens with one attached hydrogen (secondary N) is 1. The fourth-order valence-electron chi connectivity index (χ4n) is 1.89. The molecule has 136 valence electrons. The molecule has 0 aliphatic heterocycles. The molecule has 3 N–H and O–H groups in total. The number of rotatable bonds is 5. The monoisotopic (exact) mass is 351 g/mol. The molecule has 1 aromatic heterocycles. The van der Waals surface area contributed by atoms with Crippen molar-refractivity contribution in [1.82, 2.24) is 10.3 Å². The highest BCUT2D eigenvalue weighted by Crippen LogP contribution is 2.02. The number of pyridine rings is 1. The number of hydrogen-bond acceptors (Lipinski definition) is 3. The molecule has 0 spiro atoms. The van der Waals surface area contributed by atoms with Crippen LogP contribution in [0.3, 0.4) is 0 Å². The molecule has 26 heavy (non-hydrogen) atoms. The lowest BCUT2D eigenvalue weighted by Gasteiger charge is -2.01. The molecular weight excluding hydrogens is 326 g/mol. The lowest BCUT2D eigenvalue weighted by Crippen LogP contribution is -2.29. The van der Waals surface area contributed by atoms with Crippen molar-refractivity contribution in [3.63, 3.8) is 0 Å². The predicted molar refractivity (Wildman–Crippen MR) is 105 cm³/mol. The highest BCUT2D eigenvalue weighted by atomic mass is 16.2. The summed E-state index contributed by atoms with van der Waals surface area (Å²) < 4.78 is 0. The van der Waals surface area contributed by atoms with Gasteiger partial charge in [0.25, 0.3) is 11.8 Å². The van der Waals surface area contributed by atoms with Crippen LogP contribution in [0.1, 0.15) is 18.1 Å². The number of aromatic nitrogens is 1. The van der Waals surface area contributed by atoms with E-state index in [1.54, 1.807) is 24.5 Å². The van der Waals surface area contributed by atoms with Crippen LogP contribution in [0, 0.1) is 12.8 Å². The van der Waals surface area contributed by atoms with Crippen LogP contribution in [-0.2, 0) is 22.4 Å². The quantitative estimate of drug-likeness (QED) is 0.375. The maximum atomic E-state index is 11.3. The summed E-state index contributed by atoms with van der Waals surface area (Å²) in [7, 11) is 1.45. The maximum absolute atomic E-state index is 11.3. The second-order valence-electron chi connectivity index (χ2n) is 4.96. The summed E-state index contributed by atoms with van der Waals surface area (Å²) in [5, 5.41) is 2.36. The summed E-state index contributed by atoms with van der Waals surface area (Å²) in [4.78, 5) is 26.2. The fraction of sp³-hybridized carbons (Fsp3) is 0.190. The summed E-state index contributed by atoms with van der Waals surface area (Å²) in [6.45, 7) is 2.16. The Bertz CT molecular complexity index is 708. The van der Waals surface area contributed by atoms with Crippen LogP contribution in [0.25, 0.3) is 0 Å². The van der Waals surface area contributed by atoms with E-state index in [9.17, 15) is 9.59 Å². The normalized spacial score (nSPS) is 9.62. The lowest BCUT2D eigenvalue weighted by atomic mass is 10.1. The molecule has 0 unspecified atom stereocenters. The minimum atomic E-state index is -0.728. The van der Waals surface area contributed by atoms with Crippen LogP contribution in [0.5, 0.6) is 0 Å². The number of likely N-dealkylation sites (N-methyl/N-ethyl adjacent to an activating group) is 1. The highest BCUT2D eigenvalue weighted by molar-refractivity contribution is 6.17. The summed E-state index contributed by atoms with van der Waals surface area (Å²) in [6, 6.07) is 14.1. The summed E-state index contributed by atoms with van der Waals surface area (Å²) in [5.41, 5.74) is 7.43. The third-order valence-corrected chi connectivity index (χ3v) is 3.28. The zero-order valence-corrected chi connectivity index (χ0v) is 15.2. The van der Waals surface area contributed by atoms with Crippen LogP contribution in [0.15, 0.2) is 66.5 Å². The average Bonchev–Trinajstić information content (AvgIpc) is 2.71. The topological polar surface area (TPSA) is 85.1 Å². The summed E-state index contributed by atoms with van der Waals surface area (Å²) >= 11 is 0. The van der Waals surface area contributed by atoms with Crippen LogP contribution >= 0.6 is 0 Å². The molecule has 2 aromatic rings. The third-order valence-electron chi connectivity index (χ3n) is 3.28. The third kappa shape index (κ3) is 9.04. The van der Waals surface area contributed by atoms with Crippen LogP contribution in [-0.4, -0.2) is 23.8 Å². The van der Waals surface area contributed by atoms with Gasteiger partial charge in [0.1, 0.15) is 5.57 Å². The Morgan fingerprint density at radius 1 is 1.08 bits per heavy atom. The Labute approximate surface area is 155 Å². The number of nitrogens with zero attached hydrogens (tertiary/aromatic N) is 1. The molecule has 0 fully saturated rings. The van der Waals surface area contributed by atoms with Gasteiger partial charge in [0, 0.05) is 19.4 Å². The first-order chi connectivity index (χ1) is 12.6. The number of carbonyl (C=O) groups is 2. The van der Waals surface area contributed by atoms with Gasteiger partial charge < -0.3 is 11.1 Å². The van der Waals surface area contributed by atoms with Gasteiger partial charge in [0.15, 0.2) is 0 Å². The first-order valence-corrected chi connectivity index (χ1v) is 8.06. The number of amides is 2. The van der Waals surface area contributed by atoms with E-state index >= 15 is 0 Å². The Kier molecular flexibility index (Phi) is 12.2. The zero-order valence-electron chi connectivity index (χ0n) is 15.2. The molecule has 2 amide bonds. The van der Waals surface area contributed by atoms with Crippen LogP contribution < -0.4 is 11.1 Å². The minimum Gasteiger partial charge on any atom is -0.365 e. The molecule has 0 aliphatic carbocycles. The molecule has 1 heterocycles. The SMILES string of the molecule is C#C.CCc1ccccc1.CNC(=O)/C(=C\Cc1ccncc1)C(N)=O. The van der Waals surface area contributed by atoms with E-state index in [2.05, 4.69) is 54.3 Å². The van der Waals surface area contributed by atoms with Crippen molar-refractivity contribution in [3.8, 4) is 12.8 Å². The van der Waals surface area contributed by atoms with Gasteiger partial charge in [-0.05, 0) is 36.1 Å². The van der Waals surface area contributed by atoms with Crippen LogP contribution in [0.4, 0.5) is 0 Å². The van der Waals surface area contributed by atoms with Gasteiger partial charge in [-0.25, -0.2) is 0 Å². The van der Waals surface area contributed by atoms with Crippen LogP contribution in [0.2, 0.25) is 0 Å². The first kappa shape index (κ1) is 22.6. The average molecular weight is 351 g/mol. The van der Waals surface area contributed by atoms with E-state index in [1.165, 1.54) is 18.7 Å². The molecule has 0 bridgehead atoms. The minimum absolute atomic E-state index is 0.0284. The standard InChI is InChI=1S/C11H13N3O2.C8H10.C2H2/c1-13-11(16)9(10(12)15)3-2-8-4-6-14-7-5-8;1-2-8-6-4-3-5-7-8;1-2/h3-7H,2H2,1H3,(H2,12,15)(H,13,16);3-7H,2H2,1H3;1-2H/b9-3-;;. The smallest absolute Gasteiger partial charge is 0.256 e. The number of benzene rings is 1. The number of terminal acetylenes is 1. The molecule has 0 saturated carbocycles. The van der Waals surface area contributed by atoms with Gasteiger partial charge in [-0.3, -0.25) is 14.6 Å². The van der Waals surface area contributed by atoms with Crippen molar-refractivity contribution in [3.05, 3.63) is 77.6 Å². The molecule has 0 aliphatic rings. The van der Waals surface area contributed by atoms with E-state index < -0.39 is 11.8 Å². The van der Waals surface area contributed by atoms with Gasteiger partial charge in [-0.15, -0.1) is 12.8 Å². The van der Waals surface area contributed by atoms with E-state index in [-0.39, 0.29) is 5.57 Å². The van der Waals surface area contributed by atoms with Crippen molar-refractivity contribution in [2.75, 3.05) is 7.05 Å². The maximum Gasteiger partial charge on any atom is 0.256 e. The van der Waals surface area contributed by atoms with E-state index in [0.717, 1.165) is 12.0 Å². The van der Waals surface area contributed by atoms with E-state index in [1.807, 2.05) is 6.07 Å². The van der Waals surface area contributed by atoms with E-state index in [4.69, 9.17) is 5.73 Å². The number of allylic oxidation sites excluding steroid dienone is 1. The largest absolute Gasteiger partial charge is 0.365 e. The van der Waals surface area contributed by atoms with Gasteiger partial charge in [0.2, 0.25) is 0 Å². The Balaban J connectivity index is 0.000000522. The van der Waals surface area contributed by atoms with Crippen molar-refractivity contribution < 1.29 is 9.59 Å². The number of aryl methyl sites for hydroxylation is 1. The van der Waals surface area contributed by atoms with Crippen molar-refractivity contribution in [1.29, 1.82) is 0 Å². The molecular formula is C21H25N3O2. The zero-order chi connectivity index (χ0) is 19.8. The van der Waals surface area contributed by atoms with Gasteiger partial charge in [-0.2, -0.15) is 0 Å². The molecule has 5 nitrogen and oxygen atoms in total. The Morgan fingerprint density at radius 2 is 1.65 bits per heavy atom.